The number of anilines is 2. The fourth-order valence-electron chi connectivity index (χ4n) is 2.68. The molecule has 1 aromatic heterocycles. The van der Waals surface area contributed by atoms with E-state index in [0.717, 1.165) is 22.5 Å². The molecule has 0 unspecified atom stereocenters. The Balaban J connectivity index is 0.00000280. The second kappa shape index (κ2) is 9.67. The van der Waals surface area contributed by atoms with Crippen molar-refractivity contribution in [2.24, 2.45) is 0 Å². The maximum absolute atomic E-state index is 12.5. The molecule has 1 heterocycles. The van der Waals surface area contributed by atoms with Gasteiger partial charge >= 0.3 is 0 Å². The molecule has 0 aliphatic carbocycles. The smallest absolute Gasteiger partial charge is 0.290 e. The molecular weight excluding hydrogens is 374 g/mol. The van der Waals surface area contributed by atoms with Crippen molar-refractivity contribution in [3.8, 4) is 0 Å². The molecule has 2 N–H and O–H groups in total. The molecule has 2 amide bonds. The molecule has 0 radical (unpaired) electrons. The first-order valence-corrected chi connectivity index (χ1v) is 8.73. The minimum atomic E-state index is -0.214. The largest absolute Gasteiger partial charge is 1.00 e. The van der Waals surface area contributed by atoms with Gasteiger partial charge in [-0.05, 0) is 49.7 Å². The molecule has 0 bridgehead atoms. The van der Waals surface area contributed by atoms with Crippen LogP contribution in [0.15, 0.2) is 73.1 Å². The molecule has 6 heteroatoms. The minimum absolute atomic E-state index is 0. The van der Waals surface area contributed by atoms with Crippen molar-refractivity contribution in [3.05, 3.63) is 89.7 Å². The minimum Gasteiger partial charge on any atom is -1.00 e. The molecule has 2 aromatic carbocycles. The van der Waals surface area contributed by atoms with Gasteiger partial charge in [-0.25, -0.2) is 0 Å². The molecule has 0 aliphatic rings. The zero-order chi connectivity index (χ0) is 19.2. The van der Waals surface area contributed by atoms with Crippen molar-refractivity contribution in [3.63, 3.8) is 0 Å². The monoisotopic (exact) mass is 395 g/mol. The van der Waals surface area contributed by atoms with E-state index in [0.29, 0.717) is 5.56 Å². The van der Waals surface area contributed by atoms with Crippen LogP contribution in [0.25, 0.3) is 0 Å². The highest BCUT2D eigenvalue weighted by Crippen LogP contribution is 2.11. The third kappa shape index (κ3) is 5.93. The maximum Gasteiger partial charge on any atom is 0.290 e. The summed E-state index contributed by atoms with van der Waals surface area (Å²) in [7, 11) is 0. The van der Waals surface area contributed by atoms with Gasteiger partial charge in [-0.3, -0.25) is 9.59 Å². The Morgan fingerprint density at radius 1 is 0.857 bits per heavy atom. The second-order valence-corrected chi connectivity index (χ2v) is 6.50. The number of rotatable bonds is 5. The number of aromatic nitrogens is 1. The predicted octanol–water partition coefficient (Wildman–Crippen LogP) is 0.486. The summed E-state index contributed by atoms with van der Waals surface area (Å²) in [5.74, 6) is -0.367. The molecule has 5 nitrogen and oxygen atoms in total. The Bertz CT molecular complexity index is 972. The van der Waals surface area contributed by atoms with E-state index in [2.05, 4.69) is 10.6 Å². The number of nitrogens with zero attached hydrogens (tertiary/aromatic N) is 1. The molecule has 0 atom stereocenters. The lowest BCUT2D eigenvalue weighted by Gasteiger charge is -2.06. The molecule has 0 aliphatic heterocycles. The van der Waals surface area contributed by atoms with Crippen molar-refractivity contribution < 1.29 is 26.6 Å². The molecule has 0 fully saturated rings. The Kier molecular flexibility index (Phi) is 7.29. The highest BCUT2D eigenvalue weighted by molar-refractivity contribution is 6.03. The normalized spacial score (nSPS) is 9.93. The third-order valence-electron chi connectivity index (χ3n) is 4.06. The molecule has 0 saturated carbocycles. The van der Waals surface area contributed by atoms with Crippen molar-refractivity contribution in [2.45, 2.75) is 20.4 Å². The molecule has 0 spiro atoms. The van der Waals surface area contributed by atoms with Crippen LogP contribution in [0.3, 0.4) is 0 Å². The number of hydrogen-bond donors (Lipinski definition) is 2. The average molecular weight is 396 g/mol. The number of hydrogen-bond acceptors (Lipinski definition) is 2. The van der Waals surface area contributed by atoms with Crippen molar-refractivity contribution in [2.75, 3.05) is 10.6 Å². The van der Waals surface area contributed by atoms with Gasteiger partial charge in [0.25, 0.3) is 11.8 Å². The van der Waals surface area contributed by atoms with E-state index in [1.165, 1.54) is 0 Å². The van der Waals surface area contributed by atoms with Gasteiger partial charge in [0.15, 0.2) is 12.4 Å². The summed E-state index contributed by atoms with van der Waals surface area (Å²) in [5.41, 5.74) is 4.19. The molecule has 28 heavy (non-hydrogen) atoms. The van der Waals surface area contributed by atoms with E-state index in [9.17, 15) is 9.59 Å². The number of carbonyl (C=O) groups excluding carboxylic acids is 2. The Hall–Kier alpha value is -3.18. The van der Waals surface area contributed by atoms with Crippen LogP contribution in [0, 0.1) is 13.8 Å². The topological polar surface area (TPSA) is 62.1 Å². The van der Waals surface area contributed by atoms with Gasteiger partial charge in [-0.2, -0.15) is 4.57 Å². The van der Waals surface area contributed by atoms with Crippen LogP contribution in [-0.4, -0.2) is 11.8 Å². The van der Waals surface area contributed by atoms with Gasteiger partial charge in [0.2, 0.25) is 6.54 Å². The van der Waals surface area contributed by atoms with Crippen LogP contribution < -0.4 is 27.6 Å². The summed E-state index contributed by atoms with van der Waals surface area (Å²) < 4.78 is 1.69. The molecule has 3 aromatic rings. The summed E-state index contributed by atoms with van der Waals surface area (Å²) in [5, 5.41) is 5.72. The van der Waals surface area contributed by atoms with Crippen LogP contribution in [-0.2, 0) is 11.3 Å². The van der Waals surface area contributed by atoms with E-state index in [4.69, 9.17) is 0 Å². The molecular formula is C22H22ClN3O2. The number of pyridine rings is 1. The van der Waals surface area contributed by atoms with Gasteiger partial charge in [-0.1, -0.05) is 29.8 Å². The fraction of sp³-hybridized carbons (Fsp3) is 0.136. The van der Waals surface area contributed by atoms with Crippen LogP contribution in [0.2, 0.25) is 0 Å². The first-order valence-electron chi connectivity index (χ1n) is 8.73. The lowest BCUT2D eigenvalue weighted by atomic mass is 10.2. The van der Waals surface area contributed by atoms with Crippen LogP contribution in [0.5, 0.6) is 0 Å². The van der Waals surface area contributed by atoms with Gasteiger partial charge in [0.1, 0.15) is 5.56 Å². The van der Waals surface area contributed by atoms with Crippen molar-refractivity contribution in [1.82, 2.24) is 0 Å². The summed E-state index contributed by atoms with van der Waals surface area (Å²) in [6, 6.07) is 18.7. The van der Waals surface area contributed by atoms with Gasteiger partial charge < -0.3 is 23.0 Å². The van der Waals surface area contributed by atoms with Gasteiger partial charge in [-0.15, -0.1) is 0 Å². The summed E-state index contributed by atoms with van der Waals surface area (Å²) in [6.07, 6.45) is 3.43. The molecule has 3 rings (SSSR count). The number of halogens is 1. The zero-order valence-electron chi connectivity index (χ0n) is 15.8. The molecule has 144 valence electrons. The number of benzene rings is 2. The number of aryl methyl sites for hydroxylation is 2. The first kappa shape index (κ1) is 21.1. The summed E-state index contributed by atoms with van der Waals surface area (Å²) >= 11 is 0. The quantitative estimate of drug-likeness (QED) is 0.617. The van der Waals surface area contributed by atoms with Gasteiger partial charge in [0, 0.05) is 17.4 Å². The SMILES string of the molecule is Cc1ccc(NC(=O)C[n+]2cccc(C(=O)Nc3cccc(C)c3)c2)cc1.[Cl-]. The Labute approximate surface area is 170 Å². The lowest BCUT2D eigenvalue weighted by molar-refractivity contribution is -0.684. The van der Waals surface area contributed by atoms with E-state index in [1.54, 1.807) is 29.1 Å². The third-order valence-corrected chi connectivity index (χ3v) is 4.06. The number of carbonyl (C=O) groups is 2. The van der Waals surface area contributed by atoms with Gasteiger partial charge in [0.05, 0.1) is 0 Å². The van der Waals surface area contributed by atoms with Crippen LogP contribution in [0.4, 0.5) is 11.4 Å². The van der Waals surface area contributed by atoms with Crippen LogP contribution >= 0.6 is 0 Å². The predicted molar refractivity (Wildman–Crippen MR) is 106 cm³/mol. The Morgan fingerprint density at radius 3 is 2.32 bits per heavy atom. The highest BCUT2D eigenvalue weighted by atomic mass is 35.5. The van der Waals surface area contributed by atoms with Crippen LogP contribution in [0.1, 0.15) is 21.5 Å². The van der Waals surface area contributed by atoms with Crippen molar-refractivity contribution >= 4 is 23.2 Å². The zero-order valence-corrected chi connectivity index (χ0v) is 16.5. The summed E-state index contributed by atoms with van der Waals surface area (Å²) in [4.78, 5) is 24.7. The first-order chi connectivity index (χ1) is 13.0. The lowest BCUT2D eigenvalue weighted by Crippen LogP contribution is -3.00. The standard InChI is InChI=1S/C22H21N3O2.ClH/c1-16-8-10-19(11-9-16)23-21(26)15-25-12-4-6-18(14-25)22(27)24-20-7-3-5-17(2)13-20;/h3-14H,15H2,1-2H3,(H-,23,24,26,27);1H. The number of amides is 2. The average Bonchev–Trinajstić information content (AvgIpc) is 2.64. The van der Waals surface area contributed by atoms with E-state index >= 15 is 0 Å². The van der Waals surface area contributed by atoms with Crippen molar-refractivity contribution in [1.29, 1.82) is 0 Å². The van der Waals surface area contributed by atoms with E-state index < -0.39 is 0 Å². The Morgan fingerprint density at radius 2 is 1.61 bits per heavy atom. The number of nitrogens with one attached hydrogen (secondary N) is 2. The summed E-state index contributed by atoms with van der Waals surface area (Å²) in [6.45, 7) is 4.09. The molecule has 0 saturated heterocycles. The highest BCUT2D eigenvalue weighted by Gasteiger charge is 2.14. The van der Waals surface area contributed by atoms with E-state index in [-0.39, 0.29) is 30.8 Å². The maximum atomic E-state index is 12.5. The second-order valence-electron chi connectivity index (χ2n) is 6.50. The van der Waals surface area contributed by atoms with E-state index in [1.807, 2.05) is 62.4 Å². The fourth-order valence-corrected chi connectivity index (χ4v) is 2.68.